The fourth-order valence-corrected chi connectivity index (χ4v) is 7.90. The maximum atomic E-state index is 11.2. The van der Waals surface area contributed by atoms with Gasteiger partial charge < -0.3 is 49.6 Å². The lowest BCUT2D eigenvalue weighted by atomic mass is 9.46. The highest BCUT2D eigenvalue weighted by Gasteiger charge is 2.58. The van der Waals surface area contributed by atoms with E-state index in [0.29, 0.717) is 12.8 Å². The van der Waals surface area contributed by atoms with Crippen LogP contribution in [0.5, 0.6) is 0 Å². The van der Waals surface area contributed by atoms with Gasteiger partial charge >= 0.3 is 0 Å². The van der Waals surface area contributed by atoms with Crippen molar-refractivity contribution < 1.29 is 49.6 Å². The largest absolute Gasteiger partial charge is 0.392 e. The van der Waals surface area contributed by atoms with Crippen molar-refractivity contribution >= 4 is 0 Å². The number of aliphatic hydroxyl groups excluding tert-OH is 6. The summed E-state index contributed by atoms with van der Waals surface area (Å²) in [7, 11) is 0. The summed E-state index contributed by atoms with van der Waals surface area (Å²) in [6, 6.07) is 0. The fraction of sp³-hybridized carbons (Fsp3) is 0.875. The van der Waals surface area contributed by atoms with Gasteiger partial charge in [-0.05, 0) is 77.0 Å². The lowest BCUT2D eigenvalue weighted by molar-refractivity contribution is -0.370. The molecular weight excluding hydrogens is 544 g/mol. The average Bonchev–Trinajstić information content (AvgIpc) is 2.94. The average molecular weight is 599 g/mol. The van der Waals surface area contributed by atoms with Gasteiger partial charge in [0.2, 0.25) is 0 Å². The molecule has 0 amide bonds. The van der Waals surface area contributed by atoms with Gasteiger partial charge in [-0.1, -0.05) is 38.5 Å². The Labute approximate surface area is 250 Å². The highest BCUT2D eigenvalue weighted by Crippen LogP contribution is 2.62. The van der Waals surface area contributed by atoms with E-state index in [4.69, 9.17) is 18.9 Å². The molecule has 6 N–H and O–H groups in total. The van der Waals surface area contributed by atoms with Crippen LogP contribution >= 0.6 is 0 Å². The zero-order valence-electron chi connectivity index (χ0n) is 26.2. The minimum absolute atomic E-state index is 0.0867. The smallest absolute Gasteiger partial charge is 0.187 e. The minimum Gasteiger partial charge on any atom is -0.392 e. The van der Waals surface area contributed by atoms with E-state index in [9.17, 15) is 30.6 Å². The van der Waals surface area contributed by atoms with E-state index in [-0.39, 0.29) is 22.7 Å². The van der Waals surface area contributed by atoms with Crippen LogP contribution < -0.4 is 0 Å². The second kappa shape index (κ2) is 12.5. The molecule has 0 aromatic heterocycles. The molecule has 0 spiro atoms. The first-order valence-corrected chi connectivity index (χ1v) is 15.5. The molecule has 4 aliphatic rings. The van der Waals surface area contributed by atoms with Crippen molar-refractivity contribution in [2.24, 2.45) is 22.7 Å². The molecule has 4 rings (SSSR count). The number of allylic oxidation sites excluding steroid dienone is 1. The highest BCUT2D eigenvalue weighted by molar-refractivity contribution is 5.23. The van der Waals surface area contributed by atoms with Gasteiger partial charge in [0, 0.05) is 5.41 Å². The van der Waals surface area contributed by atoms with Crippen molar-refractivity contribution in [2.45, 2.75) is 154 Å². The molecule has 10 heteroatoms. The third-order valence-corrected chi connectivity index (χ3v) is 11.5. The predicted molar refractivity (Wildman–Crippen MR) is 155 cm³/mol. The van der Waals surface area contributed by atoms with E-state index < -0.39 is 73.1 Å². The Hall–Kier alpha value is -0.920. The summed E-state index contributed by atoms with van der Waals surface area (Å²) in [6.45, 7) is 18.0. The van der Waals surface area contributed by atoms with Crippen LogP contribution in [0.2, 0.25) is 0 Å². The number of aliphatic hydroxyl groups is 6. The normalized spacial score (nSPS) is 51.3. The molecule has 2 aliphatic heterocycles. The van der Waals surface area contributed by atoms with Crippen LogP contribution in [0.25, 0.3) is 0 Å². The Balaban J connectivity index is 1.54. The zero-order chi connectivity index (χ0) is 31.4. The van der Waals surface area contributed by atoms with Gasteiger partial charge in [-0.2, -0.15) is 0 Å². The molecule has 2 saturated heterocycles. The molecule has 1 saturated carbocycles. The Morgan fingerprint density at radius 2 is 1.55 bits per heavy atom. The predicted octanol–water partition coefficient (Wildman–Crippen LogP) is 2.18. The van der Waals surface area contributed by atoms with Gasteiger partial charge in [0.1, 0.15) is 36.6 Å². The molecule has 16 atom stereocenters. The van der Waals surface area contributed by atoms with Gasteiger partial charge in [0.25, 0.3) is 0 Å². The minimum atomic E-state index is -1.60. The summed E-state index contributed by atoms with van der Waals surface area (Å²) in [5.74, 6) is 0.564. The molecule has 0 aromatic carbocycles. The Morgan fingerprint density at radius 3 is 2.17 bits per heavy atom. The second-order valence-corrected chi connectivity index (χ2v) is 14.1. The van der Waals surface area contributed by atoms with Crippen molar-refractivity contribution in [1.82, 2.24) is 0 Å². The van der Waals surface area contributed by atoms with Crippen LogP contribution in [0.3, 0.4) is 0 Å². The quantitative estimate of drug-likeness (QED) is 0.229. The van der Waals surface area contributed by atoms with E-state index >= 15 is 0 Å². The van der Waals surface area contributed by atoms with E-state index in [1.54, 1.807) is 13.0 Å². The summed E-state index contributed by atoms with van der Waals surface area (Å²) in [4.78, 5) is 0. The van der Waals surface area contributed by atoms with Crippen molar-refractivity contribution in [1.29, 1.82) is 0 Å². The highest BCUT2D eigenvalue weighted by atomic mass is 16.8. The molecule has 0 bridgehead atoms. The molecule has 0 unspecified atom stereocenters. The standard InChI is InChI=1S/C32H54O10/c1-9-30(6,13-14-31(7)17(3)15-21(33)32(8)16(2)11-10-12-20(31)32)42-29-27(25(37)23(35)19(5)40-29)41-28-26(38)24(36)22(34)18(4)39-28/h9,11,17-29,33-38H,1,10,12-15H2,2-8H3/t17-,18+,19+,20-,21+,22-,23+,24-,25-,26+,27-,28-,29+,30-,31+,32+/m1/s1. The van der Waals surface area contributed by atoms with E-state index in [2.05, 4.69) is 40.3 Å². The van der Waals surface area contributed by atoms with E-state index in [1.807, 2.05) is 6.92 Å². The molecular formula is C32H54O10. The molecule has 2 heterocycles. The Morgan fingerprint density at radius 1 is 0.952 bits per heavy atom. The molecule has 3 fully saturated rings. The number of rotatable bonds is 8. The van der Waals surface area contributed by atoms with Gasteiger partial charge in [-0.25, -0.2) is 0 Å². The summed E-state index contributed by atoms with van der Waals surface area (Å²) < 4.78 is 24.0. The maximum absolute atomic E-state index is 11.2. The lowest BCUT2D eigenvalue weighted by Gasteiger charge is -2.60. The molecule has 10 nitrogen and oxygen atoms in total. The number of hydrogen-bond donors (Lipinski definition) is 6. The number of ether oxygens (including phenoxy) is 4. The maximum Gasteiger partial charge on any atom is 0.187 e. The summed E-state index contributed by atoms with van der Waals surface area (Å²) in [5, 5.41) is 63.7. The van der Waals surface area contributed by atoms with Gasteiger partial charge in [-0.3, -0.25) is 0 Å². The topological polar surface area (TPSA) is 158 Å². The van der Waals surface area contributed by atoms with Crippen LogP contribution in [0.1, 0.15) is 80.6 Å². The van der Waals surface area contributed by atoms with Gasteiger partial charge in [0.05, 0.1) is 23.9 Å². The van der Waals surface area contributed by atoms with Crippen LogP contribution in [0.4, 0.5) is 0 Å². The van der Waals surface area contributed by atoms with Crippen molar-refractivity contribution in [2.75, 3.05) is 0 Å². The molecule has 0 radical (unpaired) electrons. The van der Waals surface area contributed by atoms with Crippen LogP contribution in [-0.4, -0.2) is 104 Å². The molecule has 0 aromatic rings. The summed E-state index contributed by atoms with van der Waals surface area (Å²) >= 11 is 0. The third-order valence-electron chi connectivity index (χ3n) is 11.5. The van der Waals surface area contributed by atoms with E-state index in [0.717, 1.165) is 19.3 Å². The van der Waals surface area contributed by atoms with Crippen LogP contribution in [0.15, 0.2) is 24.3 Å². The van der Waals surface area contributed by atoms with Crippen molar-refractivity contribution in [3.63, 3.8) is 0 Å². The first-order chi connectivity index (χ1) is 19.5. The first-order valence-electron chi connectivity index (χ1n) is 15.5. The Bertz CT molecular complexity index is 990. The monoisotopic (exact) mass is 598 g/mol. The molecule has 242 valence electrons. The lowest BCUT2D eigenvalue weighted by Crippen LogP contribution is -2.64. The van der Waals surface area contributed by atoms with Crippen LogP contribution in [-0.2, 0) is 18.9 Å². The fourth-order valence-electron chi connectivity index (χ4n) is 7.90. The zero-order valence-corrected chi connectivity index (χ0v) is 26.2. The van der Waals surface area contributed by atoms with Crippen molar-refractivity contribution in [3.8, 4) is 0 Å². The third kappa shape index (κ3) is 5.89. The number of fused-ring (bicyclic) bond motifs is 1. The van der Waals surface area contributed by atoms with E-state index in [1.165, 1.54) is 12.5 Å². The van der Waals surface area contributed by atoms with Crippen molar-refractivity contribution in [3.05, 3.63) is 24.3 Å². The van der Waals surface area contributed by atoms with Crippen LogP contribution in [0, 0.1) is 22.7 Å². The first kappa shape index (κ1) is 34.0. The van der Waals surface area contributed by atoms with Gasteiger partial charge in [-0.15, -0.1) is 6.58 Å². The van der Waals surface area contributed by atoms with Gasteiger partial charge in [0.15, 0.2) is 12.6 Å². The summed E-state index contributed by atoms with van der Waals surface area (Å²) in [5.41, 5.74) is -0.0420. The second-order valence-electron chi connectivity index (χ2n) is 14.1. The Kier molecular flexibility index (Phi) is 10.1. The SMILES string of the molecule is C=C[C@](C)(CC[C@@]1(C)[C@H](C)C[C@H](O)[C@@]2(C)C(C)=CCC[C@H]12)O[C@@H]1O[C@@H](C)[C@H](O)[C@@H](O)[C@H]1O[C@H]1O[C@@H](C)[C@@H](O)[C@@H](O)[C@@H]1O. The molecule has 42 heavy (non-hydrogen) atoms. The summed E-state index contributed by atoms with van der Waals surface area (Å²) in [6.07, 6.45) is -5.01. The molecule has 2 aliphatic carbocycles. The number of hydrogen-bond acceptors (Lipinski definition) is 10.